The van der Waals surface area contributed by atoms with Crippen LogP contribution in [-0.2, 0) is 4.79 Å². The first-order valence-electron chi connectivity index (χ1n) is 10.3. The molecule has 0 radical (unpaired) electrons. The smallest absolute Gasteiger partial charge is 0.261 e. The summed E-state index contributed by atoms with van der Waals surface area (Å²) in [5.74, 6) is -0.813. The van der Waals surface area contributed by atoms with Crippen LogP contribution < -0.4 is 0 Å². The van der Waals surface area contributed by atoms with Gasteiger partial charge in [-0.05, 0) is 36.8 Å². The fraction of sp³-hybridized carbons (Fsp3) is 0.304. The molecule has 2 heterocycles. The van der Waals surface area contributed by atoms with Crippen molar-refractivity contribution in [2.75, 3.05) is 32.7 Å². The SMILES string of the molecule is O=C(CCCN1C(=O)c2ccccc2C1=O)N1CCN(C(=O)c2cccc(O)c2)CC1. The number of amides is 4. The van der Waals surface area contributed by atoms with Crippen molar-refractivity contribution in [3.8, 4) is 5.75 Å². The predicted molar refractivity (Wildman–Crippen MR) is 112 cm³/mol. The molecule has 160 valence electrons. The van der Waals surface area contributed by atoms with E-state index in [2.05, 4.69) is 0 Å². The average molecular weight is 421 g/mol. The molecule has 0 spiro atoms. The Morgan fingerprint density at radius 1 is 0.839 bits per heavy atom. The Bertz CT molecular complexity index is 1010. The topological polar surface area (TPSA) is 98.2 Å². The maximum atomic E-state index is 12.5. The molecule has 4 rings (SSSR count). The molecule has 2 aromatic carbocycles. The molecule has 0 atom stereocenters. The van der Waals surface area contributed by atoms with Crippen LogP contribution in [0.1, 0.15) is 43.9 Å². The molecule has 2 aliphatic rings. The fourth-order valence-corrected chi connectivity index (χ4v) is 3.97. The van der Waals surface area contributed by atoms with Crippen molar-refractivity contribution in [3.63, 3.8) is 0 Å². The zero-order chi connectivity index (χ0) is 22.0. The molecule has 0 bridgehead atoms. The Kier molecular flexibility index (Phi) is 5.70. The fourth-order valence-electron chi connectivity index (χ4n) is 3.97. The third-order valence-electron chi connectivity index (χ3n) is 5.66. The number of phenolic OH excluding ortho intramolecular Hbond substituents is 1. The molecular formula is C23H23N3O5. The monoisotopic (exact) mass is 421 g/mol. The highest BCUT2D eigenvalue weighted by Crippen LogP contribution is 2.23. The first kappa shape index (κ1) is 20.6. The summed E-state index contributed by atoms with van der Waals surface area (Å²) < 4.78 is 0. The maximum Gasteiger partial charge on any atom is 0.261 e. The number of imide groups is 1. The summed E-state index contributed by atoms with van der Waals surface area (Å²) in [4.78, 5) is 54.4. The molecule has 1 N–H and O–H groups in total. The van der Waals surface area contributed by atoms with E-state index in [1.165, 1.54) is 17.0 Å². The van der Waals surface area contributed by atoms with E-state index in [4.69, 9.17) is 0 Å². The van der Waals surface area contributed by atoms with E-state index in [-0.39, 0.29) is 42.3 Å². The molecular weight excluding hydrogens is 398 g/mol. The molecule has 0 aliphatic carbocycles. The Hall–Kier alpha value is -3.68. The number of carbonyl (C=O) groups is 4. The lowest BCUT2D eigenvalue weighted by atomic mass is 10.1. The Balaban J connectivity index is 1.24. The van der Waals surface area contributed by atoms with Gasteiger partial charge in [-0.2, -0.15) is 0 Å². The summed E-state index contributed by atoms with van der Waals surface area (Å²) in [6.07, 6.45) is 0.626. The third-order valence-corrected chi connectivity index (χ3v) is 5.66. The lowest BCUT2D eigenvalue weighted by Gasteiger charge is -2.35. The number of nitrogens with zero attached hydrogens (tertiary/aromatic N) is 3. The Morgan fingerprint density at radius 2 is 1.45 bits per heavy atom. The number of benzene rings is 2. The van der Waals surface area contributed by atoms with Crippen LogP contribution in [0.3, 0.4) is 0 Å². The number of carbonyl (C=O) groups excluding carboxylic acids is 4. The largest absolute Gasteiger partial charge is 0.508 e. The second kappa shape index (κ2) is 8.59. The number of fused-ring (bicyclic) bond motifs is 1. The van der Waals surface area contributed by atoms with Crippen molar-refractivity contribution in [2.24, 2.45) is 0 Å². The van der Waals surface area contributed by atoms with Crippen molar-refractivity contribution in [1.29, 1.82) is 0 Å². The number of hydrogen-bond donors (Lipinski definition) is 1. The van der Waals surface area contributed by atoms with E-state index in [1.807, 2.05) is 0 Å². The minimum Gasteiger partial charge on any atom is -0.508 e. The molecule has 0 unspecified atom stereocenters. The van der Waals surface area contributed by atoms with Crippen LogP contribution in [-0.4, -0.2) is 76.2 Å². The highest BCUT2D eigenvalue weighted by atomic mass is 16.3. The molecule has 0 aromatic heterocycles. The minimum absolute atomic E-state index is 0.0396. The van der Waals surface area contributed by atoms with Gasteiger partial charge in [-0.15, -0.1) is 0 Å². The van der Waals surface area contributed by atoms with Crippen molar-refractivity contribution < 1.29 is 24.3 Å². The molecule has 8 nitrogen and oxygen atoms in total. The zero-order valence-electron chi connectivity index (χ0n) is 17.0. The Morgan fingerprint density at radius 3 is 2.06 bits per heavy atom. The van der Waals surface area contributed by atoms with Crippen molar-refractivity contribution in [1.82, 2.24) is 14.7 Å². The van der Waals surface area contributed by atoms with Gasteiger partial charge in [0.05, 0.1) is 11.1 Å². The minimum atomic E-state index is -0.313. The predicted octanol–water partition coefficient (Wildman–Crippen LogP) is 1.75. The average Bonchev–Trinajstić information content (AvgIpc) is 3.03. The van der Waals surface area contributed by atoms with Crippen molar-refractivity contribution in [3.05, 3.63) is 65.2 Å². The summed E-state index contributed by atoms with van der Waals surface area (Å²) >= 11 is 0. The van der Waals surface area contributed by atoms with E-state index in [9.17, 15) is 24.3 Å². The normalized spacial score (nSPS) is 15.9. The highest BCUT2D eigenvalue weighted by molar-refractivity contribution is 6.21. The van der Waals surface area contributed by atoms with Gasteiger partial charge in [0, 0.05) is 44.7 Å². The van der Waals surface area contributed by atoms with Crippen LogP contribution in [0.25, 0.3) is 0 Å². The van der Waals surface area contributed by atoms with Gasteiger partial charge in [0.2, 0.25) is 5.91 Å². The lowest BCUT2D eigenvalue weighted by Crippen LogP contribution is -2.50. The van der Waals surface area contributed by atoms with Gasteiger partial charge in [-0.25, -0.2) is 0 Å². The molecule has 1 fully saturated rings. The number of phenols is 1. The van der Waals surface area contributed by atoms with E-state index < -0.39 is 0 Å². The van der Waals surface area contributed by atoms with Crippen LogP contribution in [0.4, 0.5) is 0 Å². The third kappa shape index (κ3) is 4.14. The molecule has 2 aliphatic heterocycles. The van der Waals surface area contributed by atoms with Crippen LogP contribution in [0, 0.1) is 0 Å². The summed E-state index contributed by atoms with van der Waals surface area (Å²) in [5.41, 5.74) is 1.23. The summed E-state index contributed by atoms with van der Waals surface area (Å²) in [6, 6.07) is 12.9. The van der Waals surface area contributed by atoms with Crippen LogP contribution in [0.2, 0.25) is 0 Å². The van der Waals surface area contributed by atoms with Gasteiger partial charge < -0.3 is 14.9 Å². The first-order chi connectivity index (χ1) is 15.0. The second-order valence-corrected chi connectivity index (χ2v) is 7.63. The van der Waals surface area contributed by atoms with Gasteiger partial charge in [0.25, 0.3) is 17.7 Å². The quantitative estimate of drug-likeness (QED) is 0.742. The first-order valence-corrected chi connectivity index (χ1v) is 10.3. The van der Waals surface area contributed by atoms with Gasteiger partial charge in [0.15, 0.2) is 0 Å². The molecule has 31 heavy (non-hydrogen) atoms. The van der Waals surface area contributed by atoms with Gasteiger partial charge in [-0.1, -0.05) is 18.2 Å². The number of aromatic hydroxyl groups is 1. The van der Waals surface area contributed by atoms with Crippen LogP contribution >= 0.6 is 0 Å². The van der Waals surface area contributed by atoms with E-state index >= 15 is 0 Å². The van der Waals surface area contributed by atoms with Gasteiger partial charge in [-0.3, -0.25) is 24.1 Å². The number of piperazine rings is 1. The van der Waals surface area contributed by atoms with E-state index in [1.54, 1.807) is 46.2 Å². The van der Waals surface area contributed by atoms with Crippen LogP contribution in [0.5, 0.6) is 5.75 Å². The number of rotatable bonds is 5. The highest BCUT2D eigenvalue weighted by Gasteiger charge is 2.34. The standard InChI is InChI=1S/C23H23N3O5/c27-17-6-3-5-16(15-17)21(29)25-13-11-24(12-14-25)20(28)9-4-10-26-22(30)18-7-1-2-8-19(18)23(26)31/h1-3,5-8,15,27H,4,9-14H2. The van der Waals surface area contributed by atoms with Crippen molar-refractivity contribution >= 4 is 23.6 Å². The summed E-state index contributed by atoms with van der Waals surface area (Å²) in [5, 5.41) is 9.55. The lowest BCUT2D eigenvalue weighted by molar-refractivity contribution is -0.132. The summed E-state index contributed by atoms with van der Waals surface area (Å²) in [7, 11) is 0. The molecule has 4 amide bonds. The van der Waals surface area contributed by atoms with E-state index in [0.29, 0.717) is 49.3 Å². The molecule has 8 heteroatoms. The second-order valence-electron chi connectivity index (χ2n) is 7.63. The Labute approximate surface area is 179 Å². The maximum absolute atomic E-state index is 12.5. The number of hydrogen-bond acceptors (Lipinski definition) is 5. The van der Waals surface area contributed by atoms with Gasteiger partial charge in [0.1, 0.15) is 5.75 Å². The zero-order valence-corrected chi connectivity index (χ0v) is 17.0. The molecule has 2 aromatic rings. The van der Waals surface area contributed by atoms with Crippen LogP contribution in [0.15, 0.2) is 48.5 Å². The van der Waals surface area contributed by atoms with Crippen molar-refractivity contribution in [2.45, 2.75) is 12.8 Å². The molecule has 1 saturated heterocycles. The van der Waals surface area contributed by atoms with E-state index in [0.717, 1.165) is 0 Å². The molecule has 0 saturated carbocycles. The van der Waals surface area contributed by atoms with Gasteiger partial charge >= 0.3 is 0 Å². The summed E-state index contributed by atoms with van der Waals surface area (Å²) in [6.45, 7) is 1.89.